The van der Waals surface area contributed by atoms with E-state index in [4.69, 9.17) is 39.5 Å². The van der Waals surface area contributed by atoms with Gasteiger partial charge in [-0.2, -0.15) is 0 Å². The number of esters is 1. The molecule has 1 aromatic carbocycles. The van der Waals surface area contributed by atoms with Crippen LogP contribution in [0.25, 0.3) is 0 Å². The molecule has 25 heavy (non-hydrogen) atoms. The van der Waals surface area contributed by atoms with Gasteiger partial charge in [-0.25, -0.2) is 9.78 Å². The summed E-state index contributed by atoms with van der Waals surface area (Å²) in [5.41, 5.74) is -0.856. The first-order valence-electron chi connectivity index (χ1n) is 6.50. The van der Waals surface area contributed by atoms with Gasteiger partial charge in [0.1, 0.15) is 5.56 Å². The minimum atomic E-state index is -1.05. The van der Waals surface area contributed by atoms with E-state index >= 15 is 0 Å². The van der Waals surface area contributed by atoms with Crippen LogP contribution in [0.1, 0.15) is 10.4 Å². The molecule has 0 radical (unpaired) electrons. The lowest BCUT2D eigenvalue weighted by molar-refractivity contribution is -0.385. The monoisotopic (exact) mass is 403 g/mol. The number of carbonyl (C=O) groups is 2. The zero-order chi connectivity index (χ0) is 18.6. The minimum Gasteiger partial charge on any atom is -0.452 e. The highest BCUT2D eigenvalue weighted by Gasteiger charge is 2.22. The van der Waals surface area contributed by atoms with Gasteiger partial charge in [-0.3, -0.25) is 14.9 Å². The van der Waals surface area contributed by atoms with E-state index in [9.17, 15) is 19.7 Å². The van der Waals surface area contributed by atoms with Gasteiger partial charge in [0, 0.05) is 17.3 Å². The molecule has 1 heterocycles. The molecule has 1 aromatic heterocycles. The number of ether oxygens (including phenoxy) is 1. The highest BCUT2D eigenvalue weighted by Crippen LogP contribution is 2.24. The van der Waals surface area contributed by atoms with Crippen LogP contribution in [0, 0.1) is 10.1 Å². The van der Waals surface area contributed by atoms with Gasteiger partial charge in [-0.1, -0.05) is 34.8 Å². The van der Waals surface area contributed by atoms with E-state index < -0.39 is 29.1 Å². The summed E-state index contributed by atoms with van der Waals surface area (Å²) in [4.78, 5) is 37.7. The van der Waals surface area contributed by atoms with Gasteiger partial charge in [0.2, 0.25) is 0 Å². The number of hydrogen-bond acceptors (Lipinski definition) is 6. The number of benzene rings is 1. The molecular weight excluding hydrogens is 397 g/mol. The maximum Gasteiger partial charge on any atom is 0.345 e. The van der Waals surface area contributed by atoms with Crippen LogP contribution in [0.2, 0.25) is 15.1 Å². The van der Waals surface area contributed by atoms with E-state index in [1.54, 1.807) is 0 Å². The van der Waals surface area contributed by atoms with Crippen molar-refractivity contribution in [2.24, 2.45) is 0 Å². The third kappa shape index (κ3) is 5.02. The van der Waals surface area contributed by atoms with Crippen LogP contribution < -0.4 is 5.32 Å². The van der Waals surface area contributed by atoms with Crippen molar-refractivity contribution in [1.82, 2.24) is 4.98 Å². The Morgan fingerprint density at radius 1 is 1.20 bits per heavy atom. The van der Waals surface area contributed by atoms with Gasteiger partial charge in [0.15, 0.2) is 12.4 Å². The third-order valence-electron chi connectivity index (χ3n) is 2.78. The first-order chi connectivity index (χ1) is 11.8. The second-order valence-corrected chi connectivity index (χ2v) is 5.81. The standard InChI is InChI=1S/C14H8Cl3N3O5/c15-7-1-2-9(11(4-7)20(23)24)14(22)25-6-12(21)19-13-10(17)3-8(16)5-18-13/h1-5H,6H2,(H,18,19,21). The number of nitrogens with zero attached hydrogens (tertiary/aromatic N) is 2. The normalized spacial score (nSPS) is 10.2. The summed E-state index contributed by atoms with van der Waals surface area (Å²) in [6.45, 7) is -0.695. The highest BCUT2D eigenvalue weighted by atomic mass is 35.5. The number of carbonyl (C=O) groups excluding carboxylic acids is 2. The van der Waals surface area contributed by atoms with Crippen molar-refractivity contribution < 1.29 is 19.2 Å². The maximum atomic E-state index is 11.9. The average molecular weight is 405 g/mol. The van der Waals surface area contributed by atoms with E-state index in [0.717, 1.165) is 12.1 Å². The quantitative estimate of drug-likeness (QED) is 0.461. The molecule has 0 saturated carbocycles. The summed E-state index contributed by atoms with van der Waals surface area (Å²) in [6, 6.07) is 4.81. The number of anilines is 1. The summed E-state index contributed by atoms with van der Waals surface area (Å²) < 4.78 is 4.76. The van der Waals surface area contributed by atoms with Gasteiger partial charge in [0.25, 0.3) is 11.6 Å². The van der Waals surface area contributed by atoms with Crippen LogP contribution in [0.4, 0.5) is 11.5 Å². The fourth-order valence-corrected chi connectivity index (χ4v) is 2.31. The lowest BCUT2D eigenvalue weighted by Gasteiger charge is -2.08. The fraction of sp³-hybridized carbons (Fsp3) is 0.0714. The van der Waals surface area contributed by atoms with Crippen molar-refractivity contribution in [1.29, 1.82) is 0 Å². The SMILES string of the molecule is O=C(COC(=O)c1ccc(Cl)cc1[N+](=O)[O-])Nc1ncc(Cl)cc1Cl. The van der Waals surface area contributed by atoms with Crippen LogP contribution in [-0.4, -0.2) is 28.4 Å². The summed E-state index contributed by atoms with van der Waals surface area (Å²) in [7, 11) is 0. The van der Waals surface area contributed by atoms with Gasteiger partial charge >= 0.3 is 5.97 Å². The van der Waals surface area contributed by atoms with E-state index in [0.29, 0.717) is 0 Å². The molecule has 0 aliphatic carbocycles. The number of amides is 1. The molecule has 0 bridgehead atoms. The first kappa shape index (κ1) is 18.9. The fourth-order valence-electron chi connectivity index (χ4n) is 1.71. The predicted octanol–water partition coefficient (Wildman–Crippen LogP) is 3.75. The van der Waals surface area contributed by atoms with Crippen LogP contribution in [0.15, 0.2) is 30.5 Å². The lowest BCUT2D eigenvalue weighted by Crippen LogP contribution is -2.22. The molecule has 0 atom stereocenters. The Morgan fingerprint density at radius 2 is 1.92 bits per heavy atom. The summed E-state index contributed by atoms with van der Waals surface area (Å²) >= 11 is 17.2. The minimum absolute atomic E-state index is 0.0320. The Bertz CT molecular complexity index is 860. The summed E-state index contributed by atoms with van der Waals surface area (Å²) in [5, 5.41) is 13.7. The zero-order valence-electron chi connectivity index (χ0n) is 12.2. The number of halogens is 3. The van der Waals surface area contributed by atoms with Crippen LogP contribution in [0.3, 0.4) is 0 Å². The third-order valence-corrected chi connectivity index (χ3v) is 3.51. The molecule has 0 spiro atoms. The molecule has 0 aliphatic heterocycles. The van der Waals surface area contributed by atoms with E-state index in [1.807, 2.05) is 0 Å². The van der Waals surface area contributed by atoms with Crippen molar-refractivity contribution in [3.05, 3.63) is 61.2 Å². The zero-order valence-corrected chi connectivity index (χ0v) is 14.4. The van der Waals surface area contributed by atoms with Gasteiger partial charge in [-0.05, 0) is 18.2 Å². The largest absolute Gasteiger partial charge is 0.452 e. The molecule has 1 amide bonds. The second-order valence-electron chi connectivity index (χ2n) is 4.53. The molecule has 0 saturated heterocycles. The topological polar surface area (TPSA) is 111 Å². The molecule has 2 rings (SSSR count). The molecular formula is C14H8Cl3N3O5. The summed E-state index contributed by atoms with van der Waals surface area (Å²) in [6.07, 6.45) is 1.27. The average Bonchev–Trinajstić information content (AvgIpc) is 2.55. The van der Waals surface area contributed by atoms with Crippen molar-refractivity contribution in [2.75, 3.05) is 11.9 Å². The molecule has 11 heteroatoms. The van der Waals surface area contributed by atoms with Gasteiger partial charge in [-0.15, -0.1) is 0 Å². The molecule has 130 valence electrons. The van der Waals surface area contributed by atoms with E-state index in [1.165, 1.54) is 18.3 Å². The molecule has 0 aliphatic rings. The van der Waals surface area contributed by atoms with Gasteiger partial charge in [0.05, 0.1) is 15.0 Å². The smallest absolute Gasteiger partial charge is 0.345 e. The van der Waals surface area contributed by atoms with Crippen molar-refractivity contribution in [3.63, 3.8) is 0 Å². The Kier molecular flexibility index (Phi) is 6.13. The second kappa shape index (κ2) is 8.11. The summed E-state index contributed by atoms with van der Waals surface area (Å²) in [5.74, 6) is -1.75. The van der Waals surface area contributed by atoms with Crippen molar-refractivity contribution in [3.8, 4) is 0 Å². The molecule has 1 N–H and O–H groups in total. The number of pyridine rings is 1. The lowest BCUT2D eigenvalue weighted by atomic mass is 10.2. The maximum absolute atomic E-state index is 11.9. The Labute approximate surface area is 155 Å². The number of nitrogens with one attached hydrogen (secondary N) is 1. The van der Waals surface area contributed by atoms with E-state index in [2.05, 4.69) is 10.3 Å². The van der Waals surface area contributed by atoms with Crippen LogP contribution >= 0.6 is 34.8 Å². The number of hydrogen-bond donors (Lipinski definition) is 1. The van der Waals surface area contributed by atoms with Gasteiger partial charge < -0.3 is 10.1 Å². The van der Waals surface area contributed by atoms with E-state index in [-0.39, 0.29) is 26.4 Å². The number of nitro benzene ring substituents is 1. The number of nitro groups is 1. The molecule has 2 aromatic rings. The Morgan fingerprint density at radius 3 is 2.56 bits per heavy atom. The number of aromatic nitrogens is 1. The Balaban J connectivity index is 2.02. The van der Waals surface area contributed by atoms with Crippen LogP contribution in [-0.2, 0) is 9.53 Å². The van der Waals surface area contributed by atoms with Crippen LogP contribution in [0.5, 0.6) is 0 Å². The molecule has 0 fully saturated rings. The molecule has 0 unspecified atom stereocenters. The van der Waals surface area contributed by atoms with Crippen molar-refractivity contribution >= 4 is 58.2 Å². The Hall–Kier alpha value is -2.42. The highest BCUT2D eigenvalue weighted by molar-refractivity contribution is 6.36. The number of rotatable bonds is 5. The first-order valence-corrected chi connectivity index (χ1v) is 7.63. The van der Waals surface area contributed by atoms with Crippen molar-refractivity contribution in [2.45, 2.75) is 0 Å². The predicted molar refractivity (Wildman–Crippen MR) is 91.3 cm³/mol. The molecule has 8 nitrogen and oxygen atoms in total.